The molecule has 17 heavy (non-hydrogen) atoms. The van der Waals surface area contributed by atoms with E-state index in [2.05, 4.69) is 20.9 Å². The molecule has 1 aromatic carbocycles. The van der Waals surface area contributed by atoms with Gasteiger partial charge < -0.3 is 4.57 Å². The third-order valence-corrected chi connectivity index (χ3v) is 2.98. The van der Waals surface area contributed by atoms with E-state index in [0.29, 0.717) is 11.0 Å². The molecule has 0 saturated heterocycles. The van der Waals surface area contributed by atoms with E-state index in [0.717, 1.165) is 9.04 Å². The van der Waals surface area contributed by atoms with Crippen molar-refractivity contribution < 1.29 is 13.2 Å². The van der Waals surface area contributed by atoms with Crippen molar-refractivity contribution in [2.75, 3.05) is 0 Å². The van der Waals surface area contributed by atoms with Crippen LogP contribution in [-0.2, 0) is 12.4 Å². The van der Waals surface area contributed by atoms with Gasteiger partial charge in [0.05, 0.1) is 16.9 Å². The van der Waals surface area contributed by atoms with E-state index in [1.807, 2.05) is 0 Å². The monoisotopic (exact) mass is 326 g/mol. The van der Waals surface area contributed by atoms with Crippen LogP contribution in [0.1, 0.15) is 5.82 Å². The Morgan fingerprint density at radius 1 is 1.35 bits per heavy atom. The van der Waals surface area contributed by atoms with E-state index in [1.54, 1.807) is 18.2 Å². The molecule has 0 spiro atoms. The fraction of sp³-hybridized carbons (Fsp3) is 0.300. The van der Waals surface area contributed by atoms with Crippen LogP contribution in [0.15, 0.2) is 22.7 Å². The number of halogens is 5. The van der Waals surface area contributed by atoms with Gasteiger partial charge in [0.15, 0.2) is 0 Å². The molecule has 0 N–H and O–H groups in total. The Labute approximate surface area is 109 Å². The second-order valence-corrected chi connectivity index (χ2v) is 4.68. The van der Waals surface area contributed by atoms with Gasteiger partial charge in [-0.25, -0.2) is 4.98 Å². The zero-order valence-corrected chi connectivity index (χ0v) is 10.8. The van der Waals surface area contributed by atoms with Crippen LogP contribution in [0.3, 0.4) is 0 Å². The lowest BCUT2D eigenvalue weighted by Gasteiger charge is -2.10. The predicted molar refractivity (Wildman–Crippen MR) is 63.0 cm³/mol. The van der Waals surface area contributed by atoms with Crippen molar-refractivity contribution >= 4 is 38.6 Å². The van der Waals surface area contributed by atoms with Crippen LogP contribution in [0.25, 0.3) is 11.0 Å². The second kappa shape index (κ2) is 4.49. The minimum absolute atomic E-state index is 0.0532. The van der Waals surface area contributed by atoms with Gasteiger partial charge in [0.1, 0.15) is 12.4 Å². The Kier molecular flexibility index (Phi) is 3.36. The van der Waals surface area contributed by atoms with Crippen molar-refractivity contribution in [1.29, 1.82) is 0 Å². The van der Waals surface area contributed by atoms with Gasteiger partial charge in [0.25, 0.3) is 0 Å². The molecule has 2 nitrogen and oxygen atoms in total. The summed E-state index contributed by atoms with van der Waals surface area (Å²) >= 11 is 8.85. The Morgan fingerprint density at radius 2 is 2.06 bits per heavy atom. The first-order valence-electron chi connectivity index (χ1n) is 4.68. The number of hydrogen-bond donors (Lipinski definition) is 0. The second-order valence-electron chi connectivity index (χ2n) is 3.50. The van der Waals surface area contributed by atoms with Gasteiger partial charge in [-0.1, -0.05) is 15.9 Å². The summed E-state index contributed by atoms with van der Waals surface area (Å²) < 4.78 is 39.2. The highest BCUT2D eigenvalue weighted by Gasteiger charge is 2.30. The first-order chi connectivity index (χ1) is 7.90. The SMILES string of the molecule is FC(F)(F)Cn1c(CCl)nc2cc(Br)ccc21. The van der Waals surface area contributed by atoms with E-state index in [1.165, 1.54) is 0 Å². The maximum atomic E-state index is 12.4. The van der Waals surface area contributed by atoms with Crippen molar-refractivity contribution in [3.8, 4) is 0 Å². The molecule has 1 heterocycles. The lowest BCUT2D eigenvalue weighted by Crippen LogP contribution is -2.19. The molecule has 0 aliphatic carbocycles. The molecule has 92 valence electrons. The third kappa shape index (κ3) is 2.74. The molecule has 2 aromatic rings. The minimum atomic E-state index is -4.29. The zero-order chi connectivity index (χ0) is 12.6. The van der Waals surface area contributed by atoms with E-state index in [-0.39, 0.29) is 11.7 Å². The van der Waals surface area contributed by atoms with Gasteiger partial charge in [-0.2, -0.15) is 13.2 Å². The lowest BCUT2D eigenvalue weighted by atomic mass is 10.3. The van der Waals surface area contributed by atoms with Gasteiger partial charge in [-0.3, -0.25) is 0 Å². The largest absolute Gasteiger partial charge is 0.406 e. The first-order valence-corrected chi connectivity index (χ1v) is 6.01. The molecule has 2 rings (SSSR count). The van der Waals surface area contributed by atoms with E-state index in [9.17, 15) is 13.2 Å². The van der Waals surface area contributed by atoms with E-state index >= 15 is 0 Å². The van der Waals surface area contributed by atoms with Gasteiger partial charge >= 0.3 is 6.18 Å². The molecule has 7 heteroatoms. The molecule has 0 radical (unpaired) electrons. The summed E-state index contributed by atoms with van der Waals surface area (Å²) in [4.78, 5) is 4.08. The minimum Gasteiger partial charge on any atom is -0.318 e. The first kappa shape index (κ1) is 12.7. The highest BCUT2D eigenvalue weighted by atomic mass is 79.9. The molecule has 0 fully saturated rings. The maximum absolute atomic E-state index is 12.4. The van der Waals surface area contributed by atoms with Crippen LogP contribution in [0, 0.1) is 0 Å². The number of fused-ring (bicyclic) bond motifs is 1. The number of aromatic nitrogens is 2. The van der Waals surface area contributed by atoms with Crippen LogP contribution < -0.4 is 0 Å². The topological polar surface area (TPSA) is 17.8 Å². The predicted octanol–water partition coefficient (Wildman–Crippen LogP) is 4.10. The summed E-state index contributed by atoms with van der Waals surface area (Å²) in [6, 6.07) is 4.93. The van der Waals surface area contributed by atoms with Crippen LogP contribution in [0.2, 0.25) is 0 Å². The number of alkyl halides is 4. The molecule has 0 unspecified atom stereocenters. The van der Waals surface area contributed by atoms with Crippen LogP contribution >= 0.6 is 27.5 Å². The van der Waals surface area contributed by atoms with E-state index < -0.39 is 12.7 Å². The molecule has 0 amide bonds. The zero-order valence-electron chi connectivity index (χ0n) is 8.43. The molecule has 0 atom stereocenters. The fourth-order valence-electron chi connectivity index (χ4n) is 1.61. The Bertz CT molecular complexity index is 550. The fourth-order valence-corrected chi connectivity index (χ4v) is 2.16. The number of nitrogens with zero attached hydrogens (tertiary/aromatic N) is 2. The summed E-state index contributed by atoms with van der Waals surface area (Å²) in [5.41, 5.74) is 0.931. The molecule has 0 aliphatic rings. The van der Waals surface area contributed by atoms with Crippen LogP contribution in [0.5, 0.6) is 0 Å². The molecular formula is C10H7BrClF3N2. The Hall–Kier alpha value is -0.750. The quantitative estimate of drug-likeness (QED) is 0.759. The van der Waals surface area contributed by atoms with Gasteiger partial charge in [-0.15, -0.1) is 11.6 Å². The highest BCUT2D eigenvalue weighted by molar-refractivity contribution is 9.10. The van der Waals surface area contributed by atoms with Crippen molar-refractivity contribution in [2.24, 2.45) is 0 Å². The van der Waals surface area contributed by atoms with Crippen LogP contribution in [0.4, 0.5) is 13.2 Å². The molecule has 1 aromatic heterocycles. The standard InChI is InChI=1S/C10H7BrClF3N2/c11-6-1-2-8-7(3-6)16-9(4-12)17(8)5-10(13,14)15/h1-3H,4-5H2. The maximum Gasteiger partial charge on any atom is 0.406 e. The van der Waals surface area contributed by atoms with Crippen LogP contribution in [-0.4, -0.2) is 15.7 Å². The number of hydrogen-bond acceptors (Lipinski definition) is 1. The number of benzene rings is 1. The summed E-state index contributed by atoms with van der Waals surface area (Å²) in [7, 11) is 0. The Morgan fingerprint density at radius 3 is 2.65 bits per heavy atom. The molecular weight excluding hydrogens is 320 g/mol. The van der Waals surface area contributed by atoms with Gasteiger partial charge in [0.2, 0.25) is 0 Å². The smallest absolute Gasteiger partial charge is 0.318 e. The van der Waals surface area contributed by atoms with Crippen molar-refractivity contribution in [1.82, 2.24) is 9.55 Å². The molecule has 0 aliphatic heterocycles. The molecule has 0 bridgehead atoms. The van der Waals surface area contributed by atoms with Crippen molar-refractivity contribution in [3.63, 3.8) is 0 Å². The summed E-state index contributed by atoms with van der Waals surface area (Å²) in [5.74, 6) is 0.166. The van der Waals surface area contributed by atoms with Crippen molar-refractivity contribution in [3.05, 3.63) is 28.5 Å². The lowest BCUT2D eigenvalue weighted by molar-refractivity contribution is -0.140. The summed E-state index contributed by atoms with van der Waals surface area (Å²) in [6.45, 7) is -1.08. The Balaban J connectivity index is 2.58. The normalized spacial score (nSPS) is 12.3. The highest BCUT2D eigenvalue weighted by Crippen LogP contribution is 2.26. The molecule has 0 saturated carbocycles. The third-order valence-electron chi connectivity index (χ3n) is 2.25. The van der Waals surface area contributed by atoms with Gasteiger partial charge in [0, 0.05) is 4.47 Å². The number of imidazole rings is 1. The number of rotatable bonds is 2. The average molecular weight is 328 g/mol. The van der Waals surface area contributed by atoms with Gasteiger partial charge in [-0.05, 0) is 18.2 Å². The summed E-state index contributed by atoms with van der Waals surface area (Å²) in [5, 5.41) is 0. The van der Waals surface area contributed by atoms with E-state index in [4.69, 9.17) is 11.6 Å². The van der Waals surface area contributed by atoms with Crippen molar-refractivity contribution in [2.45, 2.75) is 18.6 Å². The average Bonchev–Trinajstić information content (AvgIpc) is 2.53. The summed E-state index contributed by atoms with van der Waals surface area (Å²) in [6.07, 6.45) is -4.29.